The van der Waals surface area contributed by atoms with Crippen molar-refractivity contribution in [1.82, 2.24) is 0 Å². The van der Waals surface area contributed by atoms with Crippen LogP contribution in [0.15, 0.2) is 41.4 Å². The Labute approximate surface area is 124 Å². The van der Waals surface area contributed by atoms with E-state index in [2.05, 4.69) is 17.1 Å². The lowest BCUT2D eigenvalue weighted by molar-refractivity contribution is 0.373. The third-order valence-electron chi connectivity index (χ3n) is 3.96. The van der Waals surface area contributed by atoms with Crippen LogP contribution in [0.4, 0.5) is 5.69 Å². The summed E-state index contributed by atoms with van der Waals surface area (Å²) in [6.45, 7) is 0. The van der Waals surface area contributed by atoms with E-state index >= 15 is 0 Å². The first kappa shape index (κ1) is 13.7. The average molecular weight is 281 g/mol. The SMILES string of the molecule is COc1cccc(C=Nc2cccc3c2CCCC3)c1O. The number of aliphatic imine (C=N–C) groups is 1. The van der Waals surface area contributed by atoms with Crippen molar-refractivity contribution in [3.63, 3.8) is 0 Å². The van der Waals surface area contributed by atoms with Gasteiger partial charge in [0.05, 0.1) is 12.8 Å². The van der Waals surface area contributed by atoms with E-state index in [1.165, 1.54) is 24.0 Å². The minimum absolute atomic E-state index is 0.133. The Hall–Kier alpha value is -2.29. The molecule has 0 saturated carbocycles. The Bertz CT molecular complexity index is 677. The first-order valence-electron chi connectivity index (χ1n) is 7.30. The first-order valence-corrected chi connectivity index (χ1v) is 7.30. The summed E-state index contributed by atoms with van der Waals surface area (Å²) in [5.41, 5.74) is 4.44. The van der Waals surface area contributed by atoms with Gasteiger partial charge in [0.2, 0.25) is 0 Å². The van der Waals surface area contributed by atoms with E-state index in [-0.39, 0.29) is 5.75 Å². The van der Waals surface area contributed by atoms with Crippen molar-refractivity contribution in [1.29, 1.82) is 0 Å². The number of nitrogens with zero attached hydrogens (tertiary/aromatic N) is 1. The van der Waals surface area contributed by atoms with Gasteiger partial charge in [-0.15, -0.1) is 0 Å². The second kappa shape index (κ2) is 6.00. The molecule has 3 heteroatoms. The number of methoxy groups -OCH3 is 1. The van der Waals surface area contributed by atoms with Gasteiger partial charge in [0, 0.05) is 11.8 Å². The van der Waals surface area contributed by atoms with Crippen LogP contribution in [-0.4, -0.2) is 18.4 Å². The van der Waals surface area contributed by atoms with Crippen LogP contribution in [0.2, 0.25) is 0 Å². The predicted octanol–water partition coefficient (Wildman–Crippen LogP) is 4.03. The van der Waals surface area contributed by atoms with Gasteiger partial charge in [-0.3, -0.25) is 4.99 Å². The van der Waals surface area contributed by atoms with Gasteiger partial charge in [-0.1, -0.05) is 18.2 Å². The Morgan fingerprint density at radius 1 is 1.10 bits per heavy atom. The van der Waals surface area contributed by atoms with Crippen molar-refractivity contribution >= 4 is 11.9 Å². The smallest absolute Gasteiger partial charge is 0.166 e. The maximum atomic E-state index is 10.1. The Kier molecular flexibility index (Phi) is 3.91. The topological polar surface area (TPSA) is 41.8 Å². The molecule has 3 rings (SSSR count). The van der Waals surface area contributed by atoms with Gasteiger partial charge < -0.3 is 9.84 Å². The summed E-state index contributed by atoms with van der Waals surface area (Å²) >= 11 is 0. The molecular weight excluding hydrogens is 262 g/mol. The van der Waals surface area contributed by atoms with E-state index < -0.39 is 0 Å². The first-order chi connectivity index (χ1) is 10.3. The summed E-state index contributed by atoms with van der Waals surface area (Å²) in [5.74, 6) is 0.600. The predicted molar refractivity (Wildman–Crippen MR) is 85.0 cm³/mol. The molecule has 0 spiro atoms. The summed E-state index contributed by atoms with van der Waals surface area (Å²) in [5, 5.41) is 10.1. The average Bonchev–Trinajstić information content (AvgIpc) is 2.54. The Morgan fingerprint density at radius 2 is 1.90 bits per heavy atom. The van der Waals surface area contributed by atoms with Gasteiger partial charge in [0.1, 0.15) is 0 Å². The van der Waals surface area contributed by atoms with Gasteiger partial charge >= 0.3 is 0 Å². The van der Waals surface area contributed by atoms with Gasteiger partial charge in [0.15, 0.2) is 11.5 Å². The Morgan fingerprint density at radius 3 is 2.76 bits per heavy atom. The summed E-state index contributed by atoms with van der Waals surface area (Å²) < 4.78 is 5.12. The second-order valence-corrected chi connectivity index (χ2v) is 5.28. The van der Waals surface area contributed by atoms with Crippen LogP contribution < -0.4 is 4.74 Å². The van der Waals surface area contributed by atoms with E-state index in [1.807, 2.05) is 18.2 Å². The number of phenolic OH excluding ortho intramolecular Hbond substituents is 1. The van der Waals surface area contributed by atoms with Gasteiger partial charge in [-0.05, 0) is 55.0 Å². The van der Waals surface area contributed by atoms with Crippen LogP contribution in [0.5, 0.6) is 11.5 Å². The molecule has 0 fully saturated rings. The van der Waals surface area contributed by atoms with Gasteiger partial charge in [-0.25, -0.2) is 0 Å². The number of ether oxygens (including phenoxy) is 1. The number of phenols is 1. The van der Waals surface area contributed by atoms with Crippen molar-refractivity contribution in [2.75, 3.05) is 7.11 Å². The molecule has 0 radical (unpaired) electrons. The van der Waals surface area contributed by atoms with Crippen molar-refractivity contribution in [2.45, 2.75) is 25.7 Å². The van der Waals surface area contributed by atoms with Crippen LogP contribution in [0, 0.1) is 0 Å². The number of hydrogen-bond donors (Lipinski definition) is 1. The summed E-state index contributed by atoms with van der Waals surface area (Å²) in [7, 11) is 1.55. The summed E-state index contributed by atoms with van der Waals surface area (Å²) in [6.07, 6.45) is 6.43. The molecule has 0 heterocycles. The lowest BCUT2D eigenvalue weighted by atomic mass is 9.90. The molecule has 1 N–H and O–H groups in total. The molecule has 3 nitrogen and oxygen atoms in total. The number of fused-ring (bicyclic) bond motifs is 1. The van der Waals surface area contributed by atoms with E-state index in [4.69, 9.17) is 4.74 Å². The zero-order chi connectivity index (χ0) is 14.7. The Balaban J connectivity index is 1.94. The lowest BCUT2D eigenvalue weighted by Gasteiger charge is -2.17. The molecule has 0 bridgehead atoms. The minimum atomic E-state index is 0.133. The monoisotopic (exact) mass is 281 g/mol. The maximum Gasteiger partial charge on any atom is 0.166 e. The molecule has 21 heavy (non-hydrogen) atoms. The summed E-state index contributed by atoms with van der Waals surface area (Å²) in [6, 6.07) is 11.7. The number of aryl methyl sites for hydroxylation is 1. The standard InChI is InChI=1S/C18H19NO2/c1-21-17-11-5-8-14(18(17)20)12-19-16-10-4-7-13-6-2-3-9-15(13)16/h4-5,7-8,10-12,20H,2-3,6,9H2,1H3. The molecule has 0 aliphatic heterocycles. The third-order valence-corrected chi connectivity index (χ3v) is 3.96. The van der Waals surface area contributed by atoms with Crippen LogP contribution in [0.25, 0.3) is 0 Å². The van der Waals surface area contributed by atoms with E-state index in [9.17, 15) is 5.11 Å². The van der Waals surface area contributed by atoms with Crippen LogP contribution >= 0.6 is 0 Å². The molecule has 1 aliphatic rings. The van der Waals surface area contributed by atoms with E-state index in [1.54, 1.807) is 19.4 Å². The highest BCUT2D eigenvalue weighted by Gasteiger charge is 2.12. The number of hydrogen-bond acceptors (Lipinski definition) is 3. The lowest BCUT2D eigenvalue weighted by Crippen LogP contribution is -2.02. The van der Waals surface area contributed by atoms with E-state index in [0.29, 0.717) is 11.3 Å². The number of para-hydroxylation sites is 1. The van der Waals surface area contributed by atoms with Crippen molar-refractivity contribution in [3.05, 3.63) is 53.1 Å². The third kappa shape index (κ3) is 2.77. The number of rotatable bonds is 3. The summed E-state index contributed by atoms with van der Waals surface area (Å²) in [4.78, 5) is 4.59. The highest BCUT2D eigenvalue weighted by molar-refractivity contribution is 5.87. The fourth-order valence-electron chi connectivity index (χ4n) is 2.83. The molecule has 0 atom stereocenters. The molecule has 0 aromatic heterocycles. The fourth-order valence-corrected chi connectivity index (χ4v) is 2.83. The van der Waals surface area contributed by atoms with Crippen molar-refractivity contribution in [2.24, 2.45) is 4.99 Å². The second-order valence-electron chi connectivity index (χ2n) is 5.28. The van der Waals surface area contributed by atoms with Crippen LogP contribution in [0.1, 0.15) is 29.5 Å². The zero-order valence-electron chi connectivity index (χ0n) is 12.2. The highest BCUT2D eigenvalue weighted by Crippen LogP contribution is 2.31. The van der Waals surface area contributed by atoms with Crippen molar-refractivity contribution < 1.29 is 9.84 Å². The quantitative estimate of drug-likeness (QED) is 0.863. The number of aromatic hydroxyl groups is 1. The highest BCUT2D eigenvalue weighted by atomic mass is 16.5. The normalized spacial score (nSPS) is 14.1. The molecule has 2 aromatic rings. The molecule has 0 saturated heterocycles. The fraction of sp³-hybridized carbons (Fsp3) is 0.278. The maximum absolute atomic E-state index is 10.1. The van der Waals surface area contributed by atoms with Crippen LogP contribution in [0.3, 0.4) is 0 Å². The minimum Gasteiger partial charge on any atom is -0.504 e. The molecule has 1 aliphatic carbocycles. The molecule has 0 unspecified atom stereocenters. The molecule has 0 amide bonds. The molecule has 2 aromatic carbocycles. The number of benzene rings is 2. The largest absolute Gasteiger partial charge is 0.504 e. The van der Waals surface area contributed by atoms with Crippen LogP contribution in [-0.2, 0) is 12.8 Å². The zero-order valence-corrected chi connectivity index (χ0v) is 12.2. The van der Waals surface area contributed by atoms with Gasteiger partial charge in [0.25, 0.3) is 0 Å². The van der Waals surface area contributed by atoms with Gasteiger partial charge in [-0.2, -0.15) is 0 Å². The van der Waals surface area contributed by atoms with E-state index in [0.717, 1.165) is 18.5 Å². The molecular formula is C18H19NO2. The van der Waals surface area contributed by atoms with Crippen molar-refractivity contribution in [3.8, 4) is 11.5 Å². The molecule has 108 valence electrons.